The number of rotatable bonds is 0. The van der Waals surface area contributed by atoms with Gasteiger partial charge in [-0.25, -0.2) is 4.90 Å². The number of allylic oxidation sites excluding steroid dienone is 2. The average Bonchev–Trinajstić information content (AvgIpc) is 3.04. The van der Waals surface area contributed by atoms with Crippen LogP contribution in [0, 0.1) is 45.8 Å². The summed E-state index contributed by atoms with van der Waals surface area (Å²) in [5, 5.41) is 0. The Morgan fingerprint density at radius 2 is 1.83 bits per heavy atom. The van der Waals surface area contributed by atoms with E-state index in [0.29, 0.717) is 12.3 Å². The monoisotopic (exact) mass is 495 g/mol. The van der Waals surface area contributed by atoms with Crippen molar-refractivity contribution in [2.45, 2.75) is 104 Å². The molecule has 0 N–H and O–H groups in total. The maximum absolute atomic E-state index is 14.4. The fraction of sp³-hybridized carbons (Fsp3) is 0.833. The van der Waals surface area contributed by atoms with Crippen molar-refractivity contribution in [2.24, 2.45) is 45.8 Å². The first-order chi connectivity index (χ1) is 16.8. The first kappa shape index (κ1) is 23.6. The van der Waals surface area contributed by atoms with Gasteiger partial charge in [-0.05, 0) is 67.8 Å². The SMILES string of the molecule is CC1=CC(=O)[C@@H]2[C@@H](C1)[C@]1(C)C[C@@]34OC(=O)C[C@@](C)(C1C(=O)[C@@H]2C)[C@]3(C)CC[C@]12C[C@@H](C)C[C@@H](CN14)O2. The summed E-state index contributed by atoms with van der Waals surface area (Å²) < 4.78 is 13.4. The molecule has 6 heteroatoms. The molecular weight excluding hydrogens is 454 g/mol. The van der Waals surface area contributed by atoms with Crippen LogP contribution in [0.3, 0.4) is 0 Å². The second-order valence-corrected chi connectivity index (χ2v) is 14.6. The Labute approximate surface area is 214 Å². The van der Waals surface area contributed by atoms with Crippen LogP contribution in [0.15, 0.2) is 11.6 Å². The molecule has 4 heterocycles. The quantitative estimate of drug-likeness (QED) is 0.455. The molecular formula is C30H41NO5. The van der Waals surface area contributed by atoms with Crippen LogP contribution in [0.5, 0.6) is 0 Å². The van der Waals surface area contributed by atoms with Crippen molar-refractivity contribution in [1.29, 1.82) is 0 Å². The number of carbonyl (C=O) groups excluding carboxylic acids is 3. The highest BCUT2D eigenvalue weighted by atomic mass is 16.6. The number of hydrogen-bond acceptors (Lipinski definition) is 6. The smallest absolute Gasteiger partial charge is 0.308 e. The predicted molar refractivity (Wildman–Crippen MR) is 132 cm³/mol. The lowest BCUT2D eigenvalue weighted by atomic mass is 9.33. The molecule has 1 spiro atoms. The molecule has 36 heavy (non-hydrogen) atoms. The number of ketones is 2. The average molecular weight is 496 g/mol. The van der Waals surface area contributed by atoms with Crippen LogP contribution in [0.4, 0.5) is 0 Å². The summed E-state index contributed by atoms with van der Waals surface area (Å²) in [6.45, 7) is 13.9. The number of esters is 1. The van der Waals surface area contributed by atoms with E-state index in [1.165, 1.54) is 0 Å². The lowest BCUT2D eigenvalue weighted by Crippen LogP contribution is -2.83. The molecule has 4 aliphatic heterocycles. The van der Waals surface area contributed by atoms with Crippen molar-refractivity contribution in [3.05, 3.63) is 11.6 Å². The van der Waals surface area contributed by atoms with Gasteiger partial charge < -0.3 is 9.47 Å². The van der Waals surface area contributed by atoms with Gasteiger partial charge in [-0.15, -0.1) is 0 Å². The number of Topliss-reactive ketones (excluding diaryl/α,β-unsaturated/α-hetero) is 1. The summed E-state index contributed by atoms with van der Waals surface area (Å²) in [5.74, 6) is -0.101. The zero-order valence-corrected chi connectivity index (χ0v) is 22.7. The standard InChI is InChI=1S/C30H41NO5/c1-16-10-20-23(21(32)11-16)18(3)24(34)25-26(20,4)15-30-28(6,27(25,5)13-22(33)36-30)7-8-29-12-17(2)9-19(35-29)14-31(29)30/h11,17-20,23,25H,7-10,12-15H2,1-6H3/t17-,18+,19-,20+,23-,25?,26-,27-,28-,29-,30+/m0/s1. The van der Waals surface area contributed by atoms with Crippen molar-refractivity contribution in [1.82, 2.24) is 4.90 Å². The van der Waals surface area contributed by atoms with E-state index in [-0.39, 0.29) is 59.1 Å². The molecule has 1 unspecified atom stereocenters. The molecule has 7 aliphatic rings. The first-order valence-electron chi connectivity index (χ1n) is 14.2. The molecule has 0 aromatic rings. The van der Waals surface area contributed by atoms with Crippen molar-refractivity contribution in [3.63, 3.8) is 0 Å². The minimum atomic E-state index is -0.817. The molecule has 0 aromatic carbocycles. The number of fused-ring (bicyclic) bond motifs is 5. The first-order valence-corrected chi connectivity index (χ1v) is 14.2. The number of hydrogen-bond donors (Lipinski definition) is 0. The summed E-state index contributed by atoms with van der Waals surface area (Å²) >= 11 is 0. The maximum Gasteiger partial charge on any atom is 0.308 e. The highest BCUT2D eigenvalue weighted by Gasteiger charge is 2.82. The van der Waals surface area contributed by atoms with Crippen molar-refractivity contribution < 1.29 is 23.9 Å². The summed E-state index contributed by atoms with van der Waals surface area (Å²) in [7, 11) is 0. The molecule has 6 nitrogen and oxygen atoms in total. The third kappa shape index (κ3) is 2.41. The molecule has 6 fully saturated rings. The third-order valence-electron chi connectivity index (χ3n) is 12.7. The van der Waals surface area contributed by atoms with Crippen molar-refractivity contribution in [3.8, 4) is 0 Å². The molecule has 4 bridgehead atoms. The lowest BCUT2D eigenvalue weighted by molar-refractivity contribution is -0.379. The van der Waals surface area contributed by atoms with E-state index in [1.54, 1.807) is 6.08 Å². The van der Waals surface area contributed by atoms with Crippen LogP contribution in [-0.4, -0.2) is 46.5 Å². The zero-order valence-electron chi connectivity index (χ0n) is 22.7. The van der Waals surface area contributed by atoms with E-state index in [4.69, 9.17) is 9.47 Å². The summed E-state index contributed by atoms with van der Waals surface area (Å²) in [5.41, 5.74) is -1.44. The topological polar surface area (TPSA) is 72.9 Å². The number of piperidine rings is 1. The van der Waals surface area contributed by atoms with Crippen LogP contribution in [0.1, 0.15) is 86.5 Å². The predicted octanol–water partition coefficient (Wildman–Crippen LogP) is 4.66. The zero-order chi connectivity index (χ0) is 25.6. The van der Waals surface area contributed by atoms with Crippen LogP contribution in [-0.2, 0) is 23.9 Å². The Balaban J connectivity index is 1.46. The molecule has 196 valence electrons. The molecule has 4 saturated heterocycles. The second-order valence-electron chi connectivity index (χ2n) is 14.6. The van der Waals surface area contributed by atoms with Gasteiger partial charge in [0.1, 0.15) is 11.5 Å². The van der Waals surface area contributed by atoms with Crippen molar-refractivity contribution >= 4 is 17.5 Å². The van der Waals surface area contributed by atoms with Gasteiger partial charge in [-0.3, -0.25) is 14.4 Å². The molecule has 3 aliphatic carbocycles. The van der Waals surface area contributed by atoms with Crippen LogP contribution in [0.2, 0.25) is 0 Å². The van der Waals surface area contributed by atoms with E-state index in [1.807, 2.05) is 6.92 Å². The molecule has 0 radical (unpaired) electrons. The highest BCUT2D eigenvalue weighted by Crippen LogP contribution is 2.78. The van der Waals surface area contributed by atoms with Gasteiger partial charge >= 0.3 is 5.97 Å². The normalized spacial score (nSPS) is 57.7. The van der Waals surface area contributed by atoms with Crippen LogP contribution >= 0.6 is 0 Å². The Morgan fingerprint density at radius 3 is 2.58 bits per heavy atom. The second kappa shape index (κ2) is 6.72. The van der Waals surface area contributed by atoms with E-state index in [9.17, 15) is 14.4 Å². The molecule has 0 aromatic heterocycles. The van der Waals surface area contributed by atoms with E-state index >= 15 is 0 Å². The Kier molecular flexibility index (Phi) is 4.40. The summed E-state index contributed by atoms with van der Waals surface area (Å²) in [6, 6.07) is 0. The molecule has 7 rings (SSSR count). The number of ether oxygens (including phenoxy) is 2. The van der Waals surface area contributed by atoms with Gasteiger partial charge in [-0.1, -0.05) is 40.2 Å². The van der Waals surface area contributed by atoms with Crippen LogP contribution in [0.25, 0.3) is 0 Å². The Hall–Kier alpha value is -1.53. The van der Waals surface area contributed by atoms with Crippen molar-refractivity contribution in [2.75, 3.05) is 6.54 Å². The largest absolute Gasteiger partial charge is 0.443 e. The molecule has 0 amide bonds. The van der Waals surface area contributed by atoms with Gasteiger partial charge in [0.05, 0.1) is 12.5 Å². The van der Waals surface area contributed by atoms with Gasteiger partial charge in [0.15, 0.2) is 11.5 Å². The maximum atomic E-state index is 14.4. The molecule has 2 saturated carbocycles. The fourth-order valence-corrected chi connectivity index (χ4v) is 11.3. The number of carbonyl (C=O) groups is 3. The van der Waals surface area contributed by atoms with Gasteiger partial charge in [-0.2, -0.15) is 0 Å². The van der Waals surface area contributed by atoms with E-state index in [0.717, 1.165) is 44.2 Å². The Morgan fingerprint density at radius 1 is 1.08 bits per heavy atom. The minimum absolute atomic E-state index is 0.0740. The summed E-state index contributed by atoms with van der Waals surface area (Å²) in [6.07, 6.45) is 7.43. The lowest BCUT2D eigenvalue weighted by Gasteiger charge is -2.76. The van der Waals surface area contributed by atoms with E-state index < -0.39 is 22.3 Å². The minimum Gasteiger partial charge on any atom is -0.443 e. The highest BCUT2D eigenvalue weighted by molar-refractivity contribution is 6.00. The number of nitrogens with zero attached hydrogens (tertiary/aromatic N) is 1. The fourth-order valence-electron chi connectivity index (χ4n) is 11.3. The van der Waals surface area contributed by atoms with Gasteiger partial charge in [0.2, 0.25) is 0 Å². The van der Waals surface area contributed by atoms with Crippen LogP contribution < -0.4 is 0 Å². The molecule has 11 atom stereocenters. The Bertz CT molecular complexity index is 1130. The van der Waals surface area contributed by atoms with Gasteiger partial charge in [0.25, 0.3) is 0 Å². The summed E-state index contributed by atoms with van der Waals surface area (Å²) in [4.78, 5) is 43.7. The van der Waals surface area contributed by atoms with E-state index in [2.05, 4.69) is 39.5 Å². The van der Waals surface area contributed by atoms with Gasteiger partial charge in [0, 0.05) is 36.1 Å². The third-order valence-corrected chi connectivity index (χ3v) is 12.7.